The maximum Gasteiger partial charge on any atom is 0.332 e. The number of nitrogens with one attached hydrogen (secondary N) is 1. The first-order chi connectivity index (χ1) is 13.8. The van der Waals surface area contributed by atoms with Crippen LogP contribution in [0, 0.1) is 5.92 Å². The van der Waals surface area contributed by atoms with Crippen molar-refractivity contribution in [3.05, 3.63) is 54.6 Å². The fourth-order valence-corrected chi connectivity index (χ4v) is 4.03. The molecule has 9 heteroatoms. The fourth-order valence-electron chi connectivity index (χ4n) is 3.52. The van der Waals surface area contributed by atoms with Gasteiger partial charge in [-0.25, -0.2) is 9.78 Å². The Balaban J connectivity index is 2.14. The molecule has 1 aliphatic rings. The lowest BCUT2D eigenvalue weighted by molar-refractivity contribution is 0.707. The number of rotatable bonds is 5. The van der Waals surface area contributed by atoms with Crippen LogP contribution in [0.1, 0.15) is 18.4 Å². The summed E-state index contributed by atoms with van der Waals surface area (Å²) < 4.78 is 2.43. The molecule has 0 radical (unpaired) electrons. The molecule has 7 nitrogen and oxygen atoms in total. The van der Waals surface area contributed by atoms with Crippen LogP contribution in [0.3, 0.4) is 0 Å². The minimum absolute atomic E-state index is 0.149. The highest BCUT2D eigenvalue weighted by Gasteiger charge is 2.25. The number of hydrogen-bond acceptors (Lipinski definition) is 5. The van der Waals surface area contributed by atoms with Crippen LogP contribution < -0.4 is 22.3 Å². The molecule has 0 amide bonds. The van der Waals surface area contributed by atoms with Crippen LogP contribution in [0.4, 0.5) is 5.82 Å². The summed E-state index contributed by atoms with van der Waals surface area (Å²) in [4.78, 5) is 30.2. The maximum atomic E-state index is 13.1. The average Bonchev–Trinajstić information content (AvgIpc) is 3.52. The van der Waals surface area contributed by atoms with Gasteiger partial charge in [0.1, 0.15) is 5.82 Å². The van der Waals surface area contributed by atoms with Crippen molar-refractivity contribution in [2.24, 2.45) is 25.7 Å². The Hall–Kier alpha value is -2.35. The van der Waals surface area contributed by atoms with Gasteiger partial charge in [-0.3, -0.25) is 13.9 Å². The normalized spacial score (nSPS) is 13.8. The molecule has 0 aliphatic heterocycles. The molecule has 0 unspecified atom stereocenters. The first-order valence-corrected chi connectivity index (χ1v) is 10.1. The zero-order valence-corrected chi connectivity index (χ0v) is 17.6. The van der Waals surface area contributed by atoms with E-state index in [2.05, 4.69) is 10.3 Å². The molecule has 0 saturated heterocycles. The summed E-state index contributed by atoms with van der Waals surface area (Å²) in [6.45, 7) is 0.911. The number of nitrogens with zero attached hydrogens (tertiary/aromatic N) is 3. The molecule has 152 valence electrons. The Bertz CT molecular complexity index is 1240. The van der Waals surface area contributed by atoms with Crippen molar-refractivity contribution in [2.45, 2.75) is 19.4 Å². The highest BCUT2D eigenvalue weighted by Crippen LogP contribution is 2.38. The van der Waals surface area contributed by atoms with Gasteiger partial charge in [0, 0.05) is 53.9 Å². The zero-order valence-electron chi connectivity index (χ0n) is 16.1. The smallest absolute Gasteiger partial charge is 0.332 e. The Morgan fingerprint density at radius 1 is 1.21 bits per heavy atom. The van der Waals surface area contributed by atoms with E-state index in [-0.39, 0.29) is 12.2 Å². The summed E-state index contributed by atoms with van der Waals surface area (Å²) in [7, 11) is 3.04. The van der Waals surface area contributed by atoms with Crippen LogP contribution in [0.15, 0.2) is 27.8 Å². The van der Waals surface area contributed by atoms with Gasteiger partial charge in [0.25, 0.3) is 5.56 Å². The van der Waals surface area contributed by atoms with Crippen LogP contribution in [-0.4, -0.2) is 20.7 Å². The second-order valence-electron chi connectivity index (χ2n) is 7.37. The summed E-state index contributed by atoms with van der Waals surface area (Å²) in [6, 6.07) is 5.08. The molecule has 1 saturated carbocycles. The molecule has 1 aromatic carbocycles. The first-order valence-electron chi connectivity index (χ1n) is 9.35. The molecule has 2 heterocycles. The third-order valence-electron chi connectivity index (χ3n) is 5.35. The van der Waals surface area contributed by atoms with Gasteiger partial charge in [-0.05, 0) is 30.9 Å². The number of aromatic nitrogens is 3. The van der Waals surface area contributed by atoms with Gasteiger partial charge < -0.3 is 11.1 Å². The minimum atomic E-state index is -0.447. The van der Waals surface area contributed by atoms with E-state index in [1.54, 1.807) is 25.2 Å². The van der Waals surface area contributed by atoms with Crippen LogP contribution in [0.25, 0.3) is 22.2 Å². The lowest BCUT2D eigenvalue weighted by Crippen LogP contribution is -2.38. The van der Waals surface area contributed by atoms with E-state index >= 15 is 0 Å². The summed E-state index contributed by atoms with van der Waals surface area (Å²) in [5.41, 5.74) is 7.38. The molecule has 1 aliphatic carbocycles. The van der Waals surface area contributed by atoms with E-state index in [1.807, 2.05) is 0 Å². The Kier molecular flexibility index (Phi) is 5.14. The lowest BCUT2D eigenvalue weighted by Gasteiger charge is -2.19. The predicted molar refractivity (Wildman–Crippen MR) is 117 cm³/mol. The zero-order chi connectivity index (χ0) is 20.9. The summed E-state index contributed by atoms with van der Waals surface area (Å²) in [5, 5.41) is 4.53. The van der Waals surface area contributed by atoms with E-state index < -0.39 is 11.2 Å². The van der Waals surface area contributed by atoms with Crippen molar-refractivity contribution >= 4 is 40.1 Å². The molecular formula is C20H21Cl2N5O2. The van der Waals surface area contributed by atoms with Gasteiger partial charge in [0.05, 0.1) is 5.39 Å². The largest absolute Gasteiger partial charge is 0.369 e. The number of pyridine rings is 1. The number of fused-ring (bicyclic) bond motifs is 1. The van der Waals surface area contributed by atoms with E-state index in [1.165, 1.54) is 24.5 Å². The van der Waals surface area contributed by atoms with Crippen molar-refractivity contribution in [2.75, 3.05) is 11.9 Å². The first kappa shape index (κ1) is 19.9. The second-order valence-corrected chi connectivity index (χ2v) is 8.21. The van der Waals surface area contributed by atoms with Gasteiger partial charge >= 0.3 is 5.69 Å². The van der Waals surface area contributed by atoms with E-state index in [0.29, 0.717) is 43.9 Å². The highest BCUT2D eigenvalue weighted by atomic mass is 35.5. The lowest BCUT2D eigenvalue weighted by atomic mass is 9.97. The Labute approximate surface area is 177 Å². The van der Waals surface area contributed by atoms with Gasteiger partial charge in [0.2, 0.25) is 0 Å². The topological polar surface area (TPSA) is 94.9 Å². The number of benzene rings is 1. The van der Waals surface area contributed by atoms with Crippen molar-refractivity contribution in [1.82, 2.24) is 14.1 Å². The van der Waals surface area contributed by atoms with Gasteiger partial charge in [-0.15, -0.1) is 0 Å². The SMILES string of the molecule is Cn1c(=O)c2c(-c3ccc(Cl)cc3Cl)c(CN)c(NCC3CC3)nc2n(C)c1=O. The number of hydrogen-bond donors (Lipinski definition) is 2. The predicted octanol–water partition coefficient (Wildman–Crippen LogP) is 2.89. The molecule has 0 spiro atoms. The van der Waals surface area contributed by atoms with Crippen molar-refractivity contribution in [1.29, 1.82) is 0 Å². The van der Waals surface area contributed by atoms with E-state index in [9.17, 15) is 9.59 Å². The maximum absolute atomic E-state index is 13.1. The molecule has 2 aromatic heterocycles. The van der Waals surface area contributed by atoms with Crippen molar-refractivity contribution in [3.63, 3.8) is 0 Å². The quantitative estimate of drug-likeness (QED) is 0.644. The fraction of sp³-hybridized carbons (Fsp3) is 0.350. The van der Waals surface area contributed by atoms with Crippen molar-refractivity contribution in [3.8, 4) is 11.1 Å². The molecule has 1 fully saturated rings. The third kappa shape index (κ3) is 3.43. The van der Waals surface area contributed by atoms with Crippen LogP contribution in [0.5, 0.6) is 0 Å². The average molecular weight is 434 g/mol. The van der Waals surface area contributed by atoms with Crippen LogP contribution >= 0.6 is 23.2 Å². The van der Waals surface area contributed by atoms with E-state index in [0.717, 1.165) is 11.1 Å². The van der Waals surface area contributed by atoms with Crippen LogP contribution in [0.2, 0.25) is 10.0 Å². The van der Waals surface area contributed by atoms with Gasteiger partial charge in [0.15, 0.2) is 5.65 Å². The standard InChI is InChI=1S/C20H21Cl2N5O2/c1-26-18-16(19(28)27(2)20(26)29)15(12-6-5-11(21)7-14(12)22)13(8-23)17(25-18)24-9-10-3-4-10/h5-7,10H,3-4,8-9,23H2,1-2H3,(H,24,25). The third-order valence-corrected chi connectivity index (χ3v) is 5.90. The molecule has 4 rings (SSSR count). The minimum Gasteiger partial charge on any atom is -0.369 e. The van der Waals surface area contributed by atoms with Crippen molar-refractivity contribution < 1.29 is 0 Å². The molecule has 0 bridgehead atoms. The summed E-state index contributed by atoms with van der Waals surface area (Å²) in [6.07, 6.45) is 2.35. The molecule has 3 N–H and O–H groups in total. The highest BCUT2D eigenvalue weighted by molar-refractivity contribution is 6.36. The Morgan fingerprint density at radius 3 is 2.55 bits per heavy atom. The molecule has 0 atom stereocenters. The van der Waals surface area contributed by atoms with E-state index in [4.69, 9.17) is 28.9 Å². The van der Waals surface area contributed by atoms with Gasteiger partial charge in [-0.2, -0.15) is 0 Å². The number of nitrogens with two attached hydrogens (primary N) is 1. The molecule has 29 heavy (non-hydrogen) atoms. The summed E-state index contributed by atoms with van der Waals surface area (Å²) in [5.74, 6) is 1.17. The number of aryl methyl sites for hydroxylation is 1. The second kappa shape index (κ2) is 7.48. The monoisotopic (exact) mass is 433 g/mol. The summed E-state index contributed by atoms with van der Waals surface area (Å²) >= 11 is 12.6. The molecule has 3 aromatic rings. The van der Waals surface area contributed by atoms with Gasteiger partial charge in [-0.1, -0.05) is 29.3 Å². The van der Waals surface area contributed by atoms with Crippen LogP contribution in [-0.2, 0) is 20.6 Å². The Morgan fingerprint density at radius 2 is 1.93 bits per heavy atom. The molecular weight excluding hydrogens is 413 g/mol. The number of anilines is 1. The number of halogens is 2.